The summed E-state index contributed by atoms with van der Waals surface area (Å²) in [6, 6.07) is 13.9. The van der Waals surface area contributed by atoms with Crippen molar-refractivity contribution < 1.29 is 4.42 Å². The van der Waals surface area contributed by atoms with Gasteiger partial charge in [0.05, 0.1) is 0 Å². The van der Waals surface area contributed by atoms with Crippen LogP contribution in [0.15, 0.2) is 46.9 Å². The second-order valence-electron chi connectivity index (χ2n) is 5.81. The third kappa shape index (κ3) is 2.74. The molecule has 1 fully saturated rings. The molecular weight excluding hydrogens is 296 g/mol. The van der Waals surface area contributed by atoms with Crippen molar-refractivity contribution >= 4 is 22.7 Å². The van der Waals surface area contributed by atoms with Gasteiger partial charge in [-0.1, -0.05) is 23.7 Å². The van der Waals surface area contributed by atoms with Gasteiger partial charge in [0.25, 0.3) is 0 Å². The molecular formula is C18H17ClN2O. The van der Waals surface area contributed by atoms with Crippen LogP contribution in [0.1, 0.15) is 18.4 Å². The van der Waals surface area contributed by atoms with Crippen molar-refractivity contribution in [2.75, 3.05) is 13.1 Å². The van der Waals surface area contributed by atoms with Gasteiger partial charge < -0.3 is 4.42 Å². The van der Waals surface area contributed by atoms with Crippen molar-refractivity contribution in [3.05, 3.63) is 53.1 Å². The third-order valence-corrected chi connectivity index (χ3v) is 4.36. The first-order valence-electron chi connectivity index (χ1n) is 7.66. The monoisotopic (exact) mass is 312 g/mol. The van der Waals surface area contributed by atoms with Crippen molar-refractivity contribution in [2.24, 2.45) is 0 Å². The highest BCUT2D eigenvalue weighted by molar-refractivity contribution is 6.30. The van der Waals surface area contributed by atoms with Crippen LogP contribution in [0.2, 0.25) is 5.02 Å². The number of rotatable bonds is 3. The molecule has 0 unspecified atom stereocenters. The molecule has 0 aliphatic carbocycles. The maximum Gasteiger partial charge on any atom is 0.227 e. The van der Waals surface area contributed by atoms with Crippen molar-refractivity contribution in [1.82, 2.24) is 9.88 Å². The summed E-state index contributed by atoms with van der Waals surface area (Å²) in [4.78, 5) is 7.10. The lowest BCUT2D eigenvalue weighted by Gasteiger charge is -2.13. The van der Waals surface area contributed by atoms with E-state index in [0.717, 1.165) is 23.2 Å². The molecule has 1 saturated heterocycles. The van der Waals surface area contributed by atoms with Crippen LogP contribution >= 0.6 is 11.6 Å². The van der Waals surface area contributed by atoms with Crippen molar-refractivity contribution in [2.45, 2.75) is 19.4 Å². The minimum absolute atomic E-state index is 0.621. The fourth-order valence-corrected chi connectivity index (χ4v) is 3.21. The van der Waals surface area contributed by atoms with Crippen LogP contribution in [0.4, 0.5) is 0 Å². The number of fused-ring (bicyclic) bond motifs is 1. The van der Waals surface area contributed by atoms with Crippen LogP contribution in [0.3, 0.4) is 0 Å². The maximum atomic E-state index is 6.04. The number of oxazole rings is 1. The van der Waals surface area contributed by atoms with Gasteiger partial charge in [-0.25, -0.2) is 4.98 Å². The molecule has 2 heterocycles. The van der Waals surface area contributed by atoms with E-state index in [9.17, 15) is 0 Å². The summed E-state index contributed by atoms with van der Waals surface area (Å²) in [5, 5.41) is 0.689. The number of hydrogen-bond donors (Lipinski definition) is 0. The van der Waals surface area contributed by atoms with E-state index >= 15 is 0 Å². The van der Waals surface area contributed by atoms with E-state index in [1.54, 1.807) is 0 Å². The van der Waals surface area contributed by atoms with Crippen LogP contribution in [-0.2, 0) is 6.54 Å². The normalized spacial score (nSPS) is 15.7. The van der Waals surface area contributed by atoms with Gasteiger partial charge in [0.1, 0.15) is 5.52 Å². The molecule has 2 aromatic carbocycles. The Morgan fingerprint density at radius 1 is 1.09 bits per heavy atom. The number of likely N-dealkylation sites (tertiary alicyclic amines) is 1. The molecule has 3 aromatic rings. The van der Waals surface area contributed by atoms with Gasteiger partial charge in [-0.05, 0) is 61.8 Å². The predicted molar refractivity (Wildman–Crippen MR) is 89.0 cm³/mol. The van der Waals surface area contributed by atoms with Crippen molar-refractivity contribution in [1.29, 1.82) is 0 Å². The predicted octanol–water partition coefficient (Wildman–Crippen LogP) is 4.74. The summed E-state index contributed by atoms with van der Waals surface area (Å²) in [6.07, 6.45) is 2.62. The molecule has 0 atom stereocenters. The molecule has 4 rings (SSSR count). The Labute approximate surface area is 134 Å². The van der Waals surface area contributed by atoms with Gasteiger partial charge in [0, 0.05) is 17.1 Å². The Bertz CT molecular complexity index is 806. The maximum absolute atomic E-state index is 6.04. The summed E-state index contributed by atoms with van der Waals surface area (Å²) < 4.78 is 5.85. The first-order valence-corrected chi connectivity index (χ1v) is 8.03. The summed E-state index contributed by atoms with van der Waals surface area (Å²) in [5.74, 6) is 0.621. The molecule has 0 bridgehead atoms. The fourth-order valence-electron chi connectivity index (χ4n) is 3.02. The topological polar surface area (TPSA) is 29.3 Å². The highest BCUT2D eigenvalue weighted by atomic mass is 35.5. The molecule has 4 heteroatoms. The molecule has 1 aromatic heterocycles. The van der Waals surface area contributed by atoms with Crippen molar-refractivity contribution in [3.63, 3.8) is 0 Å². The van der Waals surface area contributed by atoms with Crippen LogP contribution in [0, 0.1) is 0 Å². The fraction of sp³-hybridized carbons (Fsp3) is 0.278. The zero-order valence-corrected chi connectivity index (χ0v) is 13.0. The summed E-state index contributed by atoms with van der Waals surface area (Å²) in [5.41, 5.74) is 3.93. The Hall–Kier alpha value is -1.84. The van der Waals surface area contributed by atoms with Gasteiger partial charge in [0.15, 0.2) is 5.58 Å². The largest absolute Gasteiger partial charge is 0.436 e. The van der Waals surface area contributed by atoms with Gasteiger partial charge >= 0.3 is 0 Å². The molecule has 0 spiro atoms. The van der Waals surface area contributed by atoms with E-state index in [-0.39, 0.29) is 0 Å². The van der Waals surface area contributed by atoms with E-state index in [0.29, 0.717) is 10.9 Å². The first-order chi connectivity index (χ1) is 10.8. The van der Waals surface area contributed by atoms with E-state index in [1.807, 2.05) is 30.3 Å². The van der Waals surface area contributed by atoms with E-state index in [2.05, 4.69) is 22.0 Å². The molecule has 1 aliphatic rings. The zero-order chi connectivity index (χ0) is 14.9. The smallest absolute Gasteiger partial charge is 0.227 e. The lowest BCUT2D eigenvalue weighted by Crippen LogP contribution is -2.18. The molecule has 3 nitrogen and oxygen atoms in total. The molecule has 112 valence electrons. The van der Waals surface area contributed by atoms with Crippen LogP contribution in [0.5, 0.6) is 0 Å². The summed E-state index contributed by atoms with van der Waals surface area (Å²) in [6.45, 7) is 3.39. The molecule has 0 saturated carbocycles. The average molecular weight is 313 g/mol. The lowest BCUT2D eigenvalue weighted by molar-refractivity contribution is 0.331. The lowest BCUT2D eigenvalue weighted by atomic mass is 10.2. The summed E-state index contributed by atoms with van der Waals surface area (Å²) >= 11 is 6.04. The van der Waals surface area contributed by atoms with Gasteiger partial charge in [0.2, 0.25) is 5.89 Å². The van der Waals surface area contributed by atoms with Crippen LogP contribution in [-0.4, -0.2) is 23.0 Å². The van der Waals surface area contributed by atoms with E-state index < -0.39 is 0 Å². The first kappa shape index (κ1) is 13.8. The quantitative estimate of drug-likeness (QED) is 0.699. The highest BCUT2D eigenvalue weighted by Crippen LogP contribution is 2.27. The second-order valence-corrected chi connectivity index (χ2v) is 6.25. The second kappa shape index (κ2) is 5.75. The SMILES string of the molecule is Clc1cccc(-c2nc3cc(CN4CCCC4)ccc3o2)c1. The minimum atomic E-state index is 0.621. The Kier molecular flexibility index (Phi) is 3.60. The van der Waals surface area contributed by atoms with Gasteiger partial charge in [-0.15, -0.1) is 0 Å². The van der Waals surface area contributed by atoms with Crippen LogP contribution < -0.4 is 0 Å². The molecule has 22 heavy (non-hydrogen) atoms. The van der Waals surface area contributed by atoms with Crippen molar-refractivity contribution in [3.8, 4) is 11.5 Å². The Morgan fingerprint density at radius 3 is 2.77 bits per heavy atom. The van der Waals surface area contributed by atoms with E-state index in [4.69, 9.17) is 16.0 Å². The highest BCUT2D eigenvalue weighted by Gasteiger charge is 2.13. The average Bonchev–Trinajstić information content (AvgIpc) is 3.16. The molecule has 1 aliphatic heterocycles. The molecule has 0 N–H and O–H groups in total. The molecule has 0 radical (unpaired) electrons. The summed E-state index contributed by atoms with van der Waals surface area (Å²) in [7, 11) is 0. The van der Waals surface area contributed by atoms with Gasteiger partial charge in [-0.2, -0.15) is 0 Å². The Balaban J connectivity index is 1.65. The number of halogens is 1. The molecule has 0 amide bonds. The number of hydrogen-bond acceptors (Lipinski definition) is 3. The Morgan fingerprint density at radius 2 is 1.95 bits per heavy atom. The third-order valence-electron chi connectivity index (χ3n) is 4.13. The number of benzene rings is 2. The van der Waals surface area contributed by atoms with Gasteiger partial charge in [-0.3, -0.25) is 4.90 Å². The number of nitrogens with zero attached hydrogens (tertiary/aromatic N) is 2. The van der Waals surface area contributed by atoms with E-state index in [1.165, 1.54) is 31.5 Å². The number of aromatic nitrogens is 1. The standard InChI is InChI=1S/C18H17ClN2O/c19-15-5-3-4-14(11-15)18-20-16-10-13(6-7-17(16)22-18)12-21-8-1-2-9-21/h3-7,10-11H,1-2,8-9,12H2. The zero-order valence-electron chi connectivity index (χ0n) is 12.3. The van der Waals surface area contributed by atoms with Crippen LogP contribution in [0.25, 0.3) is 22.6 Å². The minimum Gasteiger partial charge on any atom is -0.436 e.